The van der Waals surface area contributed by atoms with Crippen molar-refractivity contribution in [3.63, 3.8) is 0 Å². The van der Waals surface area contributed by atoms with Crippen LogP contribution in [0.5, 0.6) is 11.5 Å². The van der Waals surface area contributed by atoms with Crippen molar-refractivity contribution in [2.45, 2.75) is 32.8 Å². The molecular formula is C18H21BrO2. The summed E-state index contributed by atoms with van der Waals surface area (Å²) >= 11 is 3.57. The van der Waals surface area contributed by atoms with Gasteiger partial charge in [0.1, 0.15) is 11.5 Å². The van der Waals surface area contributed by atoms with E-state index in [2.05, 4.69) is 42.8 Å². The molecule has 2 aromatic carbocycles. The Hall–Kier alpha value is -1.32. The number of hydrogen-bond donors (Lipinski definition) is 0. The molecule has 0 atom stereocenters. The van der Waals surface area contributed by atoms with E-state index in [-0.39, 0.29) is 5.41 Å². The molecule has 0 saturated carbocycles. The molecule has 0 N–H and O–H groups in total. The average Bonchev–Trinajstić information content (AvgIpc) is 2.42. The Morgan fingerprint density at radius 1 is 1.00 bits per heavy atom. The first-order chi connectivity index (χ1) is 9.93. The molecule has 0 spiro atoms. The normalized spacial score (nSPS) is 11.5. The second-order valence-electron chi connectivity index (χ2n) is 6.01. The molecule has 0 aliphatic rings. The lowest BCUT2D eigenvalue weighted by Gasteiger charge is -2.23. The molecule has 2 nitrogen and oxygen atoms in total. The number of hydrogen-bond acceptors (Lipinski definition) is 2. The molecule has 3 heteroatoms. The summed E-state index contributed by atoms with van der Waals surface area (Å²) in [5.74, 6) is 1.70. The van der Waals surface area contributed by atoms with Gasteiger partial charge in [0.05, 0.1) is 11.1 Å². The fraction of sp³-hybridized carbons (Fsp3) is 0.333. The van der Waals surface area contributed by atoms with Gasteiger partial charge in [-0.3, -0.25) is 0 Å². The smallest absolute Gasteiger partial charge is 0.147 e. The molecule has 2 rings (SSSR count). The van der Waals surface area contributed by atoms with Crippen LogP contribution in [0.25, 0.3) is 0 Å². The lowest BCUT2D eigenvalue weighted by atomic mass is 9.86. The monoisotopic (exact) mass is 348 g/mol. The van der Waals surface area contributed by atoms with Gasteiger partial charge < -0.3 is 9.47 Å². The van der Waals surface area contributed by atoms with Gasteiger partial charge in [-0.15, -0.1) is 0 Å². The van der Waals surface area contributed by atoms with Gasteiger partial charge in [0, 0.05) is 18.2 Å². The molecule has 21 heavy (non-hydrogen) atoms. The van der Waals surface area contributed by atoms with Crippen LogP contribution in [-0.2, 0) is 16.8 Å². The van der Waals surface area contributed by atoms with Gasteiger partial charge in [-0.25, -0.2) is 0 Å². The zero-order valence-electron chi connectivity index (χ0n) is 12.9. The summed E-state index contributed by atoms with van der Waals surface area (Å²) in [6.45, 7) is 7.08. The topological polar surface area (TPSA) is 18.5 Å². The van der Waals surface area contributed by atoms with Gasteiger partial charge >= 0.3 is 0 Å². The molecule has 0 aliphatic heterocycles. The van der Waals surface area contributed by atoms with E-state index >= 15 is 0 Å². The Labute approximate surface area is 135 Å². The fourth-order valence-electron chi connectivity index (χ4n) is 2.22. The number of rotatable bonds is 4. The highest BCUT2D eigenvalue weighted by Crippen LogP contribution is 2.38. The summed E-state index contributed by atoms with van der Waals surface area (Å²) in [4.78, 5) is 0. The minimum atomic E-state index is 0.0271. The summed E-state index contributed by atoms with van der Waals surface area (Å²) in [7, 11) is 1.69. The third kappa shape index (κ3) is 3.86. The Morgan fingerprint density at radius 2 is 1.71 bits per heavy atom. The second kappa shape index (κ2) is 6.63. The maximum atomic E-state index is 6.22. The quantitative estimate of drug-likeness (QED) is 0.706. The van der Waals surface area contributed by atoms with E-state index in [1.807, 2.05) is 36.4 Å². The van der Waals surface area contributed by atoms with Gasteiger partial charge in [-0.05, 0) is 33.5 Å². The SMILES string of the molecule is COCc1cccc(Br)c1Oc1ccccc1C(C)(C)C. The van der Waals surface area contributed by atoms with Gasteiger partial charge in [0.25, 0.3) is 0 Å². The molecule has 0 fully saturated rings. The summed E-state index contributed by atoms with van der Waals surface area (Å²) in [5.41, 5.74) is 2.24. The van der Waals surface area contributed by atoms with Crippen molar-refractivity contribution >= 4 is 15.9 Å². The molecule has 2 aromatic rings. The van der Waals surface area contributed by atoms with Crippen molar-refractivity contribution in [1.82, 2.24) is 0 Å². The predicted molar refractivity (Wildman–Crippen MR) is 90.1 cm³/mol. The van der Waals surface area contributed by atoms with E-state index in [1.54, 1.807) is 7.11 Å². The molecule has 0 unspecified atom stereocenters. The molecule has 0 aromatic heterocycles. The standard InChI is InChI=1S/C18H21BrO2/c1-18(2,3)14-9-5-6-11-16(14)21-17-13(12-20-4)8-7-10-15(17)19/h5-11H,12H2,1-4H3. The van der Waals surface area contributed by atoms with Crippen molar-refractivity contribution < 1.29 is 9.47 Å². The number of ether oxygens (including phenoxy) is 2. The van der Waals surface area contributed by atoms with Crippen molar-refractivity contribution in [2.24, 2.45) is 0 Å². The molecule has 0 radical (unpaired) electrons. The highest BCUT2D eigenvalue weighted by molar-refractivity contribution is 9.10. The number of methoxy groups -OCH3 is 1. The van der Waals surface area contributed by atoms with E-state index in [4.69, 9.17) is 9.47 Å². The zero-order valence-corrected chi connectivity index (χ0v) is 14.5. The number of para-hydroxylation sites is 2. The van der Waals surface area contributed by atoms with Gasteiger partial charge in [0.2, 0.25) is 0 Å². The Morgan fingerprint density at radius 3 is 2.38 bits per heavy atom. The van der Waals surface area contributed by atoms with E-state index in [1.165, 1.54) is 5.56 Å². The Bertz CT molecular complexity index is 615. The summed E-state index contributed by atoms with van der Waals surface area (Å²) in [6.07, 6.45) is 0. The molecule has 0 aliphatic carbocycles. The van der Waals surface area contributed by atoms with Crippen LogP contribution in [0.3, 0.4) is 0 Å². The molecular weight excluding hydrogens is 328 g/mol. The molecule has 0 bridgehead atoms. The van der Waals surface area contributed by atoms with Crippen LogP contribution >= 0.6 is 15.9 Å². The van der Waals surface area contributed by atoms with Crippen LogP contribution < -0.4 is 4.74 Å². The van der Waals surface area contributed by atoms with Gasteiger partial charge in [-0.1, -0.05) is 51.1 Å². The largest absolute Gasteiger partial charge is 0.455 e. The maximum Gasteiger partial charge on any atom is 0.147 e. The zero-order chi connectivity index (χ0) is 15.5. The maximum absolute atomic E-state index is 6.22. The average molecular weight is 349 g/mol. The minimum absolute atomic E-state index is 0.0271. The highest BCUT2D eigenvalue weighted by atomic mass is 79.9. The van der Waals surface area contributed by atoms with Gasteiger partial charge in [-0.2, -0.15) is 0 Å². The van der Waals surface area contributed by atoms with Crippen LogP contribution in [0.4, 0.5) is 0 Å². The number of halogens is 1. The van der Waals surface area contributed by atoms with Crippen molar-refractivity contribution in [2.75, 3.05) is 7.11 Å². The molecule has 112 valence electrons. The Balaban J connectivity index is 2.44. The van der Waals surface area contributed by atoms with Crippen molar-refractivity contribution in [3.05, 3.63) is 58.1 Å². The summed E-state index contributed by atoms with van der Waals surface area (Å²) < 4.78 is 12.4. The van der Waals surface area contributed by atoms with Crippen LogP contribution in [-0.4, -0.2) is 7.11 Å². The van der Waals surface area contributed by atoms with Crippen LogP contribution in [0, 0.1) is 0 Å². The van der Waals surface area contributed by atoms with Crippen LogP contribution in [0.15, 0.2) is 46.9 Å². The van der Waals surface area contributed by atoms with Crippen LogP contribution in [0.2, 0.25) is 0 Å². The fourth-order valence-corrected chi connectivity index (χ4v) is 2.71. The molecule has 0 saturated heterocycles. The van der Waals surface area contributed by atoms with Crippen molar-refractivity contribution in [1.29, 1.82) is 0 Å². The minimum Gasteiger partial charge on any atom is -0.455 e. The van der Waals surface area contributed by atoms with E-state index in [0.717, 1.165) is 21.5 Å². The Kier molecular flexibility index (Phi) is 5.07. The first-order valence-electron chi connectivity index (χ1n) is 6.97. The third-order valence-corrected chi connectivity index (χ3v) is 3.88. The molecule has 0 heterocycles. The highest BCUT2D eigenvalue weighted by Gasteiger charge is 2.20. The number of benzene rings is 2. The second-order valence-corrected chi connectivity index (χ2v) is 6.86. The lowest BCUT2D eigenvalue weighted by Crippen LogP contribution is -2.12. The van der Waals surface area contributed by atoms with E-state index in [0.29, 0.717) is 6.61 Å². The van der Waals surface area contributed by atoms with Crippen LogP contribution in [0.1, 0.15) is 31.9 Å². The predicted octanol–water partition coefficient (Wildman–Crippen LogP) is 5.69. The first-order valence-corrected chi connectivity index (χ1v) is 7.76. The van der Waals surface area contributed by atoms with Crippen molar-refractivity contribution in [3.8, 4) is 11.5 Å². The summed E-state index contributed by atoms with van der Waals surface area (Å²) in [5, 5.41) is 0. The summed E-state index contributed by atoms with van der Waals surface area (Å²) in [6, 6.07) is 14.2. The lowest BCUT2D eigenvalue weighted by molar-refractivity contribution is 0.182. The van der Waals surface area contributed by atoms with Gasteiger partial charge in [0.15, 0.2) is 0 Å². The third-order valence-electron chi connectivity index (χ3n) is 3.26. The molecule has 0 amide bonds. The first kappa shape index (κ1) is 16.1. The van der Waals surface area contributed by atoms with E-state index < -0.39 is 0 Å². The van der Waals surface area contributed by atoms with E-state index in [9.17, 15) is 0 Å².